The Morgan fingerprint density at radius 2 is 1.30 bits per heavy atom. The maximum absolute atomic E-state index is 5.95. The molecule has 0 saturated carbocycles. The molecule has 0 aliphatic carbocycles. The molecule has 0 bridgehead atoms. The SMILES string of the molecule is ClCCN(CCCl)c1ccc(N=Nc2ccc(Cl)c(Cl)c2)cc1. The molecular formula is C16H15Cl4N3. The van der Waals surface area contributed by atoms with Crippen LogP contribution in [0.15, 0.2) is 52.7 Å². The van der Waals surface area contributed by atoms with Crippen LogP contribution in [0, 0.1) is 0 Å². The molecule has 23 heavy (non-hydrogen) atoms. The summed E-state index contributed by atoms with van der Waals surface area (Å²) in [6.45, 7) is 1.50. The Kier molecular flexibility index (Phi) is 7.44. The summed E-state index contributed by atoms with van der Waals surface area (Å²) in [7, 11) is 0. The first kappa shape index (κ1) is 18.3. The molecule has 2 aromatic rings. The fraction of sp³-hybridized carbons (Fsp3) is 0.250. The lowest BCUT2D eigenvalue weighted by Gasteiger charge is -2.22. The summed E-state index contributed by atoms with van der Waals surface area (Å²) < 4.78 is 0. The third-order valence-electron chi connectivity index (χ3n) is 3.11. The van der Waals surface area contributed by atoms with Crippen molar-refractivity contribution in [3.8, 4) is 0 Å². The lowest BCUT2D eigenvalue weighted by molar-refractivity contribution is 0.874. The van der Waals surface area contributed by atoms with E-state index in [-0.39, 0.29) is 0 Å². The van der Waals surface area contributed by atoms with Gasteiger partial charge in [0.05, 0.1) is 21.4 Å². The highest BCUT2D eigenvalue weighted by atomic mass is 35.5. The van der Waals surface area contributed by atoms with Crippen LogP contribution in [0.1, 0.15) is 0 Å². The first-order valence-electron chi connectivity index (χ1n) is 6.98. The molecule has 3 nitrogen and oxygen atoms in total. The number of hydrogen-bond donors (Lipinski definition) is 0. The molecule has 0 aliphatic heterocycles. The predicted octanol–water partition coefficient (Wildman–Crippen LogP) is 6.69. The van der Waals surface area contributed by atoms with Crippen molar-refractivity contribution in [2.45, 2.75) is 0 Å². The fourth-order valence-electron chi connectivity index (χ4n) is 1.97. The Morgan fingerprint density at radius 1 is 0.739 bits per heavy atom. The molecule has 7 heteroatoms. The van der Waals surface area contributed by atoms with Gasteiger partial charge in [0.25, 0.3) is 0 Å². The van der Waals surface area contributed by atoms with Gasteiger partial charge in [-0.25, -0.2) is 0 Å². The van der Waals surface area contributed by atoms with Crippen molar-refractivity contribution >= 4 is 63.5 Å². The van der Waals surface area contributed by atoms with Crippen LogP contribution >= 0.6 is 46.4 Å². The van der Waals surface area contributed by atoms with Crippen molar-refractivity contribution in [1.82, 2.24) is 0 Å². The average Bonchev–Trinajstić information content (AvgIpc) is 2.56. The molecule has 0 radical (unpaired) electrons. The van der Waals surface area contributed by atoms with E-state index in [4.69, 9.17) is 46.4 Å². The standard InChI is InChI=1S/C16H15Cl4N3/c17-7-9-23(10-8-18)14-4-1-12(2-5-14)21-22-13-3-6-15(19)16(20)11-13/h1-6,11H,7-10H2. The van der Waals surface area contributed by atoms with Crippen LogP contribution in [0.2, 0.25) is 10.0 Å². The van der Waals surface area contributed by atoms with E-state index < -0.39 is 0 Å². The largest absolute Gasteiger partial charge is 0.369 e. The molecule has 0 unspecified atom stereocenters. The van der Waals surface area contributed by atoms with Gasteiger partial charge in [-0.1, -0.05) is 23.2 Å². The Bertz CT molecular complexity index is 653. The van der Waals surface area contributed by atoms with Gasteiger partial charge in [0.2, 0.25) is 0 Å². The zero-order valence-electron chi connectivity index (χ0n) is 12.2. The minimum absolute atomic E-state index is 0.455. The third kappa shape index (κ3) is 5.54. The summed E-state index contributed by atoms with van der Waals surface area (Å²) in [4.78, 5) is 2.12. The van der Waals surface area contributed by atoms with Gasteiger partial charge in [-0.15, -0.1) is 23.2 Å². The molecule has 0 aromatic heterocycles. The number of rotatable bonds is 7. The minimum atomic E-state index is 0.455. The first-order chi connectivity index (χ1) is 11.1. The number of alkyl halides is 2. The highest BCUT2D eigenvalue weighted by Crippen LogP contribution is 2.28. The Labute approximate surface area is 155 Å². The van der Waals surface area contributed by atoms with Crippen molar-refractivity contribution in [2.24, 2.45) is 10.2 Å². The summed E-state index contributed by atoms with van der Waals surface area (Å²) >= 11 is 23.5. The monoisotopic (exact) mass is 389 g/mol. The van der Waals surface area contributed by atoms with E-state index in [1.54, 1.807) is 18.2 Å². The quantitative estimate of drug-likeness (QED) is 0.382. The molecule has 0 N–H and O–H groups in total. The molecular weight excluding hydrogens is 376 g/mol. The van der Waals surface area contributed by atoms with Crippen molar-refractivity contribution in [2.75, 3.05) is 29.7 Å². The maximum Gasteiger partial charge on any atom is 0.0872 e. The maximum atomic E-state index is 5.95. The predicted molar refractivity (Wildman–Crippen MR) is 101 cm³/mol. The topological polar surface area (TPSA) is 28.0 Å². The van der Waals surface area contributed by atoms with Crippen LogP contribution in [0.25, 0.3) is 0 Å². The van der Waals surface area contributed by atoms with Crippen LogP contribution < -0.4 is 4.90 Å². The van der Waals surface area contributed by atoms with E-state index >= 15 is 0 Å². The smallest absolute Gasteiger partial charge is 0.0872 e. The Morgan fingerprint density at radius 3 is 1.87 bits per heavy atom. The molecule has 0 spiro atoms. The zero-order chi connectivity index (χ0) is 16.7. The van der Waals surface area contributed by atoms with E-state index in [2.05, 4.69) is 15.1 Å². The number of azo groups is 1. The first-order valence-corrected chi connectivity index (χ1v) is 8.80. The second-order valence-corrected chi connectivity index (χ2v) is 6.25. The van der Waals surface area contributed by atoms with Crippen LogP contribution in [-0.4, -0.2) is 24.8 Å². The second kappa shape index (κ2) is 9.33. The van der Waals surface area contributed by atoms with E-state index in [1.165, 1.54) is 0 Å². The van der Waals surface area contributed by atoms with Gasteiger partial charge >= 0.3 is 0 Å². The molecule has 2 rings (SSSR count). The summed E-state index contributed by atoms with van der Waals surface area (Å²) in [5.74, 6) is 1.10. The fourth-order valence-corrected chi connectivity index (χ4v) is 2.67. The van der Waals surface area contributed by atoms with Gasteiger partial charge < -0.3 is 4.90 Å². The molecule has 0 heterocycles. The molecule has 0 fully saturated rings. The molecule has 2 aromatic carbocycles. The third-order valence-corrected chi connectivity index (χ3v) is 4.18. The van der Waals surface area contributed by atoms with Gasteiger partial charge in [-0.3, -0.25) is 0 Å². The molecule has 0 saturated heterocycles. The highest BCUT2D eigenvalue weighted by molar-refractivity contribution is 6.42. The Hall–Kier alpha value is -1.00. The van der Waals surface area contributed by atoms with E-state index in [0.717, 1.165) is 24.5 Å². The average molecular weight is 391 g/mol. The van der Waals surface area contributed by atoms with Crippen molar-refractivity contribution in [1.29, 1.82) is 0 Å². The lowest BCUT2D eigenvalue weighted by Crippen LogP contribution is -2.27. The van der Waals surface area contributed by atoms with Crippen LogP contribution in [0.3, 0.4) is 0 Å². The second-order valence-electron chi connectivity index (χ2n) is 4.68. The lowest BCUT2D eigenvalue weighted by atomic mass is 10.2. The number of benzene rings is 2. The van der Waals surface area contributed by atoms with Crippen molar-refractivity contribution in [3.63, 3.8) is 0 Å². The molecule has 0 amide bonds. The molecule has 0 aliphatic rings. The number of halogens is 4. The Balaban J connectivity index is 2.09. The van der Waals surface area contributed by atoms with Crippen LogP contribution in [0.5, 0.6) is 0 Å². The zero-order valence-corrected chi connectivity index (χ0v) is 15.2. The van der Waals surface area contributed by atoms with Gasteiger partial charge in [-0.05, 0) is 42.5 Å². The summed E-state index contributed by atoms with van der Waals surface area (Å²) in [6, 6.07) is 12.9. The highest BCUT2D eigenvalue weighted by Gasteiger charge is 2.05. The molecule has 122 valence electrons. The van der Waals surface area contributed by atoms with Crippen molar-refractivity contribution in [3.05, 3.63) is 52.5 Å². The van der Waals surface area contributed by atoms with Gasteiger partial charge in [-0.2, -0.15) is 10.2 Å². The van der Waals surface area contributed by atoms with Gasteiger partial charge in [0, 0.05) is 30.5 Å². The molecule has 0 atom stereocenters. The number of anilines is 1. The summed E-state index contributed by atoms with van der Waals surface area (Å²) in [6.07, 6.45) is 0. The summed E-state index contributed by atoms with van der Waals surface area (Å²) in [5.41, 5.74) is 2.45. The normalized spacial score (nSPS) is 11.1. The van der Waals surface area contributed by atoms with Crippen molar-refractivity contribution < 1.29 is 0 Å². The number of hydrogen-bond acceptors (Lipinski definition) is 3. The summed E-state index contributed by atoms with van der Waals surface area (Å²) in [5, 5.41) is 9.29. The minimum Gasteiger partial charge on any atom is -0.369 e. The van der Waals surface area contributed by atoms with Gasteiger partial charge in [0.1, 0.15) is 0 Å². The van der Waals surface area contributed by atoms with E-state index in [9.17, 15) is 0 Å². The van der Waals surface area contributed by atoms with Crippen LogP contribution in [-0.2, 0) is 0 Å². The van der Waals surface area contributed by atoms with E-state index in [1.807, 2.05) is 24.3 Å². The van der Waals surface area contributed by atoms with E-state index in [0.29, 0.717) is 27.5 Å². The number of nitrogens with zero attached hydrogens (tertiary/aromatic N) is 3. The van der Waals surface area contributed by atoms with Gasteiger partial charge in [0.15, 0.2) is 0 Å². The van der Waals surface area contributed by atoms with Crippen LogP contribution in [0.4, 0.5) is 17.1 Å².